The Morgan fingerprint density at radius 1 is 1.19 bits per heavy atom. The summed E-state index contributed by atoms with van der Waals surface area (Å²) in [5, 5.41) is 0.638. The van der Waals surface area contributed by atoms with Crippen LogP contribution in [-0.4, -0.2) is 27.7 Å². The van der Waals surface area contributed by atoms with Crippen molar-refractivity contribution >= 4 is 10.9 Å². The molecule has 3 heterocycles. The molecule has 0 N–H and O–H groups in total. The Hall–Kier alpha value is -2.97. The molecule has 2 aliphatic rings. The molecule has 1 aromatic carbocycles. The topological polar surface area (TPSA) is 57.0 Å². The lowest BCUT2D eigenvalue weighted by Crippen LogP contribution is -2.33. The summed E-state index contributed by atoms with van der Waals surface area (Å²) in [6.45, 7) is 0. The van der Waals surface area contributed by atoms with E-state index < -0.39 is 0 Å². The Labute approximate surface area is 150 Å². The Morgan fingerprint density at radius 2 is 2.12 bits per heavy atom. The molecule has 2 bridgehead atoms. The Balaban J connectivity index is 1.60. The van der Waals surface area contributed by atoms with Crippen molar-refractivity contribution in [2.24, 2.45) is 0 Å². The minimum Gasteiger partial charge on any atom is -0.379 e. The number of hydrogen-bond donors (Lipinski definition) is 0. The zero-order valence-electron chi connectivity index (χ0n) is 14.3. The number of methoxy groups -OCH3 is 1. The van der Waals surface area contributed by atoms with Gasteiger partial charge in [0.25, 0.3) is 5.56 Å². The van der Waals surface area contributed by atoms with E-state index in [1.165, 1.54) is 0 Å². The number of nitrogens with zero attached hydrogens (tertiary/aromatic N) is 3. The highest BCUT2D eigenvalue weighted by molar-refractivity contribution is 5.79. The fourth-order valence-electron chi connectivity index (χ4n) is 4.19. The summed E-state index contributed by atoms with van der Waals surface area (Å²) in [6, 6.07) is 11.4. The van der Waals surface area contributed by atoms with E-state index in [1.807, 2.05) is 41.0 Å². The summed E-state index contributed by atoms with van der Waals surface area (Å²) in [7, 11) is 1.72. The van der Waals surface area contributed by atoms with Crippen molar-refractivity contribution in [3.63, 3.8) is 0 Å². The van der Waals surface area contributed by atoms with Gasteiger partial charge in [-0.05, 0) is 49.1 Å². The number of hydrogen-bond acceptors (Lipinski definition) is 4. The molecule has 1 fully saturated rings. The third-order valence-electron chi connectivity index (χ3n) is 5.40. The summed E-state index contributed by atoms with van der Waals surface area (Å²) in [4.78, 5) is 22.0. The van der Waals surface area contributed by atoms with E-state index in [1.54, 1.807) is 13.3 Å². The minimum atomic E-state index is 0.0310. The summed E-state index contributed by atoms with van der Waals surface area (Å²) < 4.78 is 7.40. The molecule has 1 aliphatic carbocycles. The van der Waals surface area contributed by atoms with Crippen molar-refractivity contribution in [1.82, 2.24) is 14.5 Å². The maximum atomic E-state index is 13.0. The lowest BCUT2D eigenvalue weighted by molar-refractivity contribution is 0.0669. The fraction of sp³-hybridized carbons (Fsp3) is 0.286. The second kappa shape index (κ2) is 5.79. The summed E-state index contributed by atoms with van der Waals surface area (Å²) >= 11 is 0. The van der Waals surface area contributed by atoms with Crippen molar-refractivity contribution in [2.75, 3.05) is 7.11 Å². The number of ether oxygens (including phenoxy) is 1. The molecule has 3 atom stereocenters. The van der Waals surface area contributed by atoms with E-state index in [-0.39, 0.29) is 17.7 Å². The molecule has 1 aliphatic heterocycles. The molecule has 2 aromatic heterocycles. The van der Waals surface area contributed by atoms with Crippen LogP contribution in [0, 0.1) is 11.8 Å². The normalized spacial score (nSPS) is 22.9. The number of benzene rings is 1. The maximum Gasteiger partial charge on any atom is 0.261 e. The van der Waals surface area contributed by atoms with E-state index >= 15 is 0 Å². The zero-order valence-corrected chi connectivity index (χ0v) is 14.3. The van der Waals surface area contributed by atoms with Gasteiger partial charge in [-0.1, -0.05) is 12.0 Å². The molecule has 128 valence electrons. The van der Waals surface area contributed by atoms with E-state index in [0.29, 0.717) is 11.3 Å². The van der Waals surface area contributed by atoms with Crippen LogP contribution < -0.4 is 5.56 Å². The molecule has 0 radical (unpaired) electrons. The van der Waals surface area contributed by atoms with Crippen molar-refractivity contribution < 1.29 is 4.74 Å². The smallest absolute Gasteiger partial charge is 0.261 e. The maximum absolute atomic E-state index is 13.0. The van der Waals surface area contributed by atoms with Crippen LogP contribution in [0.4, 0.5) is 0 Å². The van der Waals surface area contributed by atoms with Crippen LogP contribution in [-0.2, 0) is 4.74 Å². The van der Waals surface area contributed by atoms with Crippen LogP contribution in [0.25, 0.3) is 10.9 Å². The standard InChI is InChI=1S/C21H17N3O2/c1-26-19-12-14-11-18(19)24-20(14)23-17-10-13(6-8-16(17)21(24)25)5-7-15-4-2-3-9-22-15/h2-4,6,8-10,14,18-19H,11-12H2,1H3/t14-,18+,19+/m1/s1. The third kappa shape index (κ3) is 2.27. The molecule has 0 unspecified atom stereocenters. The molecule has 5 rings (SSSR count). The van der Waals surface area contributed by atoms with Crippen molar-refractivity contribution in [3.05, 3.63) is 70.0 Å². The molecule has 5 nitrogen and oxygen atoms in total. The largest absolute Gasteiger partial charge is 0.379 e. The second-order valence-corrected chi connectivity index (χ2v) is 6.85. The van der Waals surface area contributed by atoms with Gasteiger partial charge < -0.3 is 4.74 Å². The molecule has 3 aromatic rings. The van der Waals surface area contributed by atoms with Gasteiger partial charge in [-0.2, -0.15) is 0 Å². The quantitative estimate of drug-likeness (QED) is 0.638. The van der Waals surface area contributed by atoms with Gasteiger partial charge in [0.15, 0.2) is 0 Å². The minimum absolute atomic E-state index is 0.0310. The van der Waals surface area contributed by atoms with Crippen LogP contribution in [0.15, 0.2) is 47.4 Å². The van der Waals surface area contributed by atoms with Gasteiger partial charge in [0.05, 0.1) is 23.0 Å². The lowest BCUT2D eigenvalue weighted by Gasteiger charge is -2.24. The second-order valence-electron chi connectivity index (χ2n) is 6.85. The van der Waals surface area contributed by atoms with Gasteiger partial charge in [0, 0.05) is 24.8 Å². The molecule has 0 spiro atoms. The first kappa shape index (κ1) is 15.3. The van der Waals surface area contributed by atoms with Crippen LogP contribution in [0.2, 0.25) is 0 Å². The summed E-state index contributed by atoms with van der Waals surface area (Å²) in [5.74, 6) is 7.36. The van der Waals surface area contributed by atoms with E-state index in [9.17, 15) is 4.79 Å². The van der Waals surface area contributed by atoms with Gasteiger partial charge in [0.1, 0.15) is 11.5 Å². The number of fused-ring (bicyclic) bond motifs is 6. The van der Waals surface area contributed by atoms with Crippen LogP contribution in [0.3, 0.4) is 0 Å². The molecular formula is C21H17N3O2. The van der Waals surface area contributed by atoms with Crippen LogP contribution >= 0.6 is 0 Å². The Morgan fingerprint density at radius 3 is 2.92 bits per heavy atom. The van der Waals surface area contributed by atoms with Crippen molar-refractivity contribution in [2.45, 2.75) is 30.9 Å². The third-order valence-corrected chi connectivity index (χ3v) is 5.40. The summed E-state index contributed by atoms with van der Waals surface area (Å²) in [6.07, 6.45) is 3.73. The highest BCUT2D eigenvalue weighted by atomic mass is 16.5. The van der Waals surface area contributed by atoms with Gasteiger partial charge >= 0.3 is 0 Å². The van der Waals surface area contributed by atoms with E-state index in [2.05, 4.69) is 16.8 Å². The zero-order chi connectivity index (χ0) is 17.7. The summed E-state index contributed by atoms with van der Waals surface area (Å²) in [5.41, 5.74) is 2.30. The monoisotopic (exact) mass is 343 g/mol. The fourth-order valence-corrected chi connectivity index (χ4v) is 4.19. The predicted molar refractivity (Wildman–Crippen MR) is 98.0 cm³/mol. The molecular weight excluding hydrogens is 326 g/mol. The first-order valence-electron chi connectivity index (χ1n) is 8.76. The van der Waals surface area contributed by atoms with Gasteiger partial charge in [0.2, 0.25) is 0 Å². The highest BCUT2D eigenvalue weighted by Crippen LogP contribution is 2.48. The van der Waals surface area contributed by atoms with Crippen molar-refractivity contribution in [1.29, 1.82) is 0 Å². The first-order valence-corrected chi connectivity index (χ1v) is 8.76. The molecule has 26 heavy (non-hydrogen) atoms. The predicted octanol–water partition coefficient (Wildman–Crippen LogP) is 2.64. The number of aromatic nitrogens is 3. The average molecular weight is 343 g/mol. The van der Waals surface area contributed by atoms with Gasteiger partial charge in [-0.15, -0.1) is 0 Å². The van der Waals surface area contributed by atoms with E-state index in [0.717, 1.165) is 35.4 Å². The van der Waals surface area contributed by atoms with Gasteiger partial charge in [-0.25, -0.2) is 9.97 Å². The number of rotatable bonds is 1. The molecule has 1 saturated carbocycles. The molecule has 0 amide bonds. The van der Waals surface area contributed by atoms with Crippen LogP contribution in [0.5, 0.6) is 0 Å². The highest BCUT2D eigenvalue weighted by Gasteiger charge is 2.46. The van der Waals surface area contributed by atoms with Gasteiger partial charge in [-0.3, -0.25) is 9.36 Å². The average Bonchev–Trinajstić information content (AvgIpc) is 3.26. The lowest BCUT2D eigenvalue weighted by atomic mass is 10.1. The Bertz CT molecular complexity index is 1120. The SMILES string of the molecule is CO[C@H]1C[C@H]2C[C@@H]1n1c2nc2cc(C#Cc3ccccn3)ccc2c1=O. The molecule has 5 heteroatoms. The van der Waals surface area contributed by atoms with Crippen molar-refractivity contribution in [3.8, 4) is 11.8 Å². The molecule has 0 saturated heterocycles. The first-order chi connectivity index (χ1) is 12.7. The van der Waals surface area contributed by atoms with Crippen LogP contribution in [0.1, 0.15) is 41.9 Å². The van der Waals surface area contributed by atoms with E-state index in [4.69, 9.17) is 9.72 Å². The number of pyridine rings is 1. The Kier molecular flexibility index (Phi) is 3.41.